The number of rotatable bonds is 6. The lowest BCUT2D eigenvalue weighted by Gasteiger charge is -2.29. The van der Waals surface area contributed by atoms with Crippen molar-refractivity contribution in [3.05, 3.63) is 53.9 Å². The van der Waals surface area contributed by atoms with Gasteiger partial charge in [0.05, 0.1) is 26.8 Å². The van der Waals surface area contributed by atoms with E-state index in [0.717, 1.165) is 60.6 Å². The number of nitrogens with zero attached hydrogens (tertiary/aromatic N) is 3. The zero-order chi connectivity index (χ0) is 21.4. The molecule has 5 rings (SSSR count). The Bertz CT molecular complexity index is 1150. The van der Waals surface area contributed by atoms with Crippen molar-refractivity contribution in [2.75, 3.05) is 39.3 Å². The van der Waals surface area contributed by atoms with Gasteiger partial charge in [0.25, 0.3) is 0 Å². The van der Waals surface area contributed by atoms with Crippen LogP contribution in [0.25, 0.3) is 16.5 Å². The second-order valence-corrected chi connectivity index (χ2v) is 8.03. The smallest absolute Gasteiger partial charge is 0.162 e. The van der Waals surface area contributed by atoms with E-state index in [1.165, 1.54) is 11.1 Å². The van der Waals surface area contributed by atoms with Gasteiger partial charge < -0.3 is 19.1 Å². The molecule has 0 bridgehead atoms. The van der Waals surface area contributed by atoms with E-state index in [2.05, 4.69) is 23.1 Å². The minimum atomic E-state index is 0.473. The molecule has 0 saturated heterocycles. The standard InChI is InChI=1S/C25H27N3O3/c1-29-21-7-5-4-6-18(21)16-10-12-28(13-11-16)25-19-14-22(30-2)23(31-3)15-20(19)26-24(27-25)17-8-9-17/h4-7,10,14-15,17H,8-9,11-13H2,1-3H3. The molecule has 0 spiro atoms. The van der Waals surface area contributed by atoms with Gasteiger partial charge in [-0.1, -0.05) is 24.3 Å². The van der Waals surface area contributed by atoms with E-state index in [1.54, 1.807) is 21.3 Å². The van der Waals surface area contributed by atoms with E-state index in [1.807, 2.05) is 24.3 Å². The highest BCUT2D eigenvalue weighted by molar-refractivity contribution is 5.93. The molecule has 160 valence electrons. The normalized spacial score (nSPS) is 16.2. The molecular weight excluding hydrogens is 390 g/mol. The second kappa shape index (κ2) is 8.10. The number of benzene rings is 2. The molecule has 6 heteroatoms. The molecule has 2 heterocycles. The summed E-state index contributed by atoms with van der Waals surface area (Å²) in [5.74, 6) is 4.69. The Labute approximate surface area is 182 Å². The molecule has 1 aromatic heterocycles. The Morgan fingerprint density at radius 1 is 0.903 bits per heavy atom. The van der Waals surface area contributed by atoms with Crippen LogP contribution in [-0.2, 0) is 0 Å². The molecule has 0 unspecified atom stereocenters. The van der Waals surface area contributed by atoms with Crippen LogP contribution in [0.2, 0.25) is 0 Å². The average molecular weight is 418 g/mol. The van der Waals surface area contributed by atoms with Crippen LogP contribution in [0, 0.1) is 0 Å². The lowest BCUT2D eigenvalue weighted by Crippen LogP contribution is -2.29. The molecule has 1 saturated carbocycles. The van der Waals surface area contributed by atoms with Crippen LogP contribution in [0.4, 0.5) is 5.82 Å². The number of hydrogen-bond acceptors (Lipinski definition) is 6. The number of hydrogen-bond donors (Lipinski definition) is 0. The van der Waals surface area contributed by atoms with Crippen LogP contribution >= 0.6 is 0 Å². The first-order valence-electron chi connectivity index (χ1n) is 10.7. The molecule has 0 amide bonds. The first kappa shape index (κ1) is 19.7. The minimum Gasteiger partial charge on any atom is -0.496 e. The van der Waals surface area contributed by atoms with Crippen LogP contribution in [0.15, 0.2) is 42.5 Å². The van der Waals surface area contributed by atoms with Crippen LogP contribution in [0.5, 0.6) is 17.2 Å². The average Bonchev–Trinajstić information content (AvgIpc) is 3.68. The Kier molecular flexibility index (Phi) is 5.14. The van der Waals surface area contributed by atoms with Gasteiger partial charge in [-0.3, -0.25) is 0 Å². The number of para-hydroxylation sites is 1. The van der Waals surface area contributed by atoms with Crippen molar-refractivity contribution in [1.29, 1.82) is 0 Å². The largest absolute Gasteiger partial charge is 0.496 e. The van der Waals surface area contributed by atoms with Gasteiger partial charge in [-0.25, -0.2) is 9.97 Å². The molecule has 0 N–H and O–H groups in total. The van der Waals surface area contributed by atoms with Crippen molar-refractivity contribution in [1.82, 2.24) is 9.97 Å². The Hall–Kier alpha value is -3.28. The molecule has 1 aliphatic carbocycles. The highest BCUT2D eigenvalue weighted by Gasteiger charge is 2.29. The monoisotopic (exact) mass is 417 g/mol. The van der Waals surface area contributed by atoms with Crippen LogP contribution in [0.1, 0.15) is 36.6 Å². The summed E-state index contributed by atoms with van der Waals surface area (Å²) in [6.45, 7) is 1.67. The summed E-state index contributed by atoms with van der Waals surface area (Å²) in [6.07, 6.45) is 5.54. The van der Waals surface area contributed by atoms with Gasteiger partial charge >= 0.3 is 0 Å². The molecule has 3 aromatic rings. The third-order valence-corrected chi connectivity index (χ3v) is 6.10. The van der Waals surface area contributed by atoms with Crippen molar-refractivity contribution < 1.29 is 14.2 Å². The Balaban J connectivity index is 1.54. The van der Waals surface area contributed by atoms with E-state index < -0.39 is 0 Å². The van der Waals surface area contributed by atoms with Gasteiger partial charge in [0.1, 0.15) is 17.4 Å². The van der Waals surface area contributed by atoms with Gasteiger partial charge in [-0.15, -0.1) is 0 Å². The zero-order valence-electron chi connectivity index (χ0n) is 18.2. The number of anilines is 1. The lowest BCUT2D eigenvalue weighted by molar-refractivity contribution is 0.355. The van der Waals surface area contributed by atoms with Crippen LogP contribution in [0.3, 0.4) is 0 Å². The van der Waals surface area contributed by atoms with Gasteiger partial charge in [0, 0.05) is 36.0 Å². The number of ether oxygens (including phenoxy) is 3. The fourth-order valence-corrected chi connectivity index (χ4v) is 4.24. The van der Waals surface area contributed by atoms with Crippen molar-refractivity contribution in [2.45, 2.75) is 25.2 Å². The third kappa shape index (κ3) is 3.67. The van der Waals surface area contributed by atoms with Gasteiger partial charge in [-0.05, 0) is 37.0 Å². The highest BCUT2D eigenvalue weighted by atomic mass is 16.5. The van der Waals surface area contributed by atoms with Crippen molar-refractivity contribution in [3.8, 4) is 17.2 Å². The molecule has 0 radical (unpaired) electrons. The summed E-state index contributed by atoms with van der Waals surface area (Å²) in [6, 6.07) is 12.2. The Morgan fingerprint density at radius 3 is 2.32 bits per heavy atom. The predicted molar refractivity (Wildman–Crippen MR) is 122 cm³/mol. The van der Waals surface area contributed by atoms with Crippen molar-refractivity contribution in [2.24, 2.45) is 0 Å². The van der Waals surface area contributed by atoms with Gasteiger partial charge in [0.2, 0.25) is 0 Å². The molecule has 2 aromatic carbocycles. The van der Waals surface area contributed by atoms with Crippen LogP contribution in [-0.4, -0.2) is 44.4 Å². The summed E-state index contributed by atoms with van der Waals surface area (Å²) in [5, 5.41) is 0.996. The second-order valence-electron chi connectivity index (χ2n) is 8.03. The summed E-state index contributed by atoms with van der Waals surface area (Å²) in [7, 11) is 5.04. The van der Waals surface area contributed by atoms with Gasteiger partial charge in [0.15, 0.2) is 11.5 Å². The zero-order valence-corrected chi connectivity index (χ0v) is 18.2. The fraction of sp³-hybridized carbons (Fsp3) is 0.360. The predicted octanol–water partition coefficient (Wildman–Crippen LogP) is 4.83. The van der Waals surface area contributed by atoms with E-state index in [-0.39, 0.29) is 0 Å². The summed E-state index contributed by atoms with van der Waals surface area (Å²) < 4.78 is 16.6. The maximum Gasteiger partial charge on any atom is 0.162 e. The molecule has 6 nitrogen and oxygen atoms in total. The van der Waals surface area contributed by atoms with E-state index in [4.69, 9.17) is 24.2 Å². The number of fused-ring (bicyclic) bond motifs is 1. The fourth-order valence-electron chi connectivity index (χ4n) is 4.24. The molecule has 1 fully saturated rings. The van der Waals surface area contributed by atoms with E-state index >= 15 is 0 Å². The quantitative estimate of drug-likeness (QED) is 0.573. The van der Waals surface area contributed by atoms with Crippen molar-refractivity contribution in [3.63, 3.8) is 0 Å². The first-order chi connectivity index (χ1) is 15.2. The van der Waals surface area contributed by atoms with Crippen molar-refractivity contribution >= 4 is 22.3 Å². The summed E-state index contributed by atoms with van der Waals surface area (Å²) in [4.78, 5) is 12.2. The molecule has 31 heavy (non-hydrogen) atoms. The lowest BCUT2D eigenvalue weighted by atomic mass is 9.98. The maximum absolute atomic E-state index is 5.56. The first-order valence-corrected chi connectivity index (χ1v) is 10.7. The van der Waals surface area contributed by atoms with Crippen LogP contribution < -0.4 is 19.1 Å². The number of methoxy groups -OCH3 is 3. The third-order valence-electron chi connectivity index (χ3n) is 6.10. The molecule has 2 aliphatic rings. The minimum absolute atomic E-state index is 0.473. The van der Waals surface area contributed by atoms with E-state index in [0.29, 0.717) is 17.4 Å². The highest BCUT2D eigenvalue weighted by Crippen LogP contribution is 2.42. The van der Waals surface area contributed by atoms with E-state index in [9.17, 15) is 0 Å². The summed E-state index contributed by atoms with van der Waals surface area (Å²) in [5.41, 5.74) is 3.39. The topological polar surface area (TPSA) is 56.7 Å². The molecule has 1 aliphatic heterocycles. The maximum atomic E-state index is 5.56. The summed E-state index contributed by atoms with van der Waals surface area (Å²) >= 11 is 0. The Morgan fingerprint density at radius 2 is 1.65 bits per heavy atom. The molecule has 0 atom stereocenters. The SMILES string of the molecule is COc1cc2nc(C3CC3)nc(N3CC=C(c4ccccc4OC)CC3)c2cc1OC. The van der Waals surface area contributed by atoms with Gasteiger partial charge in [-0.2, -0.15) is 0 Å². The number of aromatic nitrogens is 2. The molecular formula is C25H27N3O3.